The van der Waals surface area contributed by atoms with Gasteiger partial charge in [0.25, 0.3) is 11.8 Å². The molecule has 8 heteroatoms. The second-order valence-corrected chi connectivity index (χ2v) is 6.18. The van der Waals surface area contributed by atoms with E-state index >= 15 is 0 Å². The summed E-state index contributed by atoms with van der Waals surface area (Å²) in [5.41, 5.74) is 6.64. The first kappa shape index (κ1) is 17.8. The minimum Gasteiger partial charge on any atom is -0.497 e. The highest BCUT2D eigenvalue weighted by Gasteiger charge is 2.30. The summed E-state index contributed by atoms with van der Waals surface area (Å²) in [5.74, 6) is 0.387. The molecule has 8 nitrogen and oxygen atoms in total. The SMILES string of the molecule is COc1cc(OC)cc(C(=O)N2CCCCC2c2cc(C(N)=O)n[nH]2)c1. The molecule has 2 heterocycles. The Kier molecular flexibility index (Phi) is 5.11. The summed E-state index contributed by atoms with van der Waals surface area (Å²) in [6, 6.07) is 6.54. The first-order valence-corrected chi connectivity index (χ1v) is 8.42. The minimum absolute atomic E-state index is 0.123. The van der Waals surface area contributed by atoms with Gasteiger partial charge in [-0.05, 0) is 37.5 Å². The largest absolute Gasteiger partial charge is 0.497 e. The van der Waals surface area contributed by atoms with E-state index in [9.17, 15) is 9.59 Å². The maximum atomic E-state index is 13.1. The maximum Gasteiger partial charge on any atom is 0.269 e. The molecule has 0 spiro atoms. The van der Waals surface area contributed by atoms with Gasteiger partial charge in [-0.25, -0.2) is 0 Å². The fraction of sp³-hybridized carbons (Fsp3) is 0.389. The van der Waals surface area contributed by atoms with Crippen molar-refractivity contribution in [2.45, 2.75) is 25.3 Å². The molecule has 1 aromatic heterocycles. The van der Waals surface area contributed by atoms with Gasteiger partial charge >= 0.3 is 0 Å². The van der Waals surface area contributed by atoms with Crippen LogP contribution in [0.4, 0.5) is 0 Å². The summed E-state index contributed by atoms with van der Waals surface area (Å²) in [7, 11) is 3.09. The number of H-pyrrole nitrogens is 1. The number of ether oxygens (including phenoxy) is 2. The third-order valence-electron chi connectivity index (χ3n) is 4.57. The number of primary amides is 1. The number of methoxy groups -OCH3 is 2. The quantitative estimate of drug-likeness (QED) is 0.848. The number of piperidine rings is 1. The van der Waals surface area contributed by atoms with Gasteiger partial charge in [-0.15, -0.1) is 0 Å². The van der Waals surface area contributed by atoms with Crippen molar-refractivity contribution < 1.29 is 19.1 Å². The van der Waals surface area contributed by atoms with Crippen LogP contribution in [0.5, 0.6) is 11.5 Å². The van der Waals surface area contributed by atoms with Gasteiger partial charge in [0.1, 0.15) is 17.2 Å². The van der Waals surface area contributed by atoms with E-state index in [1.54, 1.807) is 43.4 Å². The molecule has 1 saturated heterocycles. The first-order valence-electron chi connectivity index (χ1n) is 8.42. The Balaban J connectivity index is 1.91. The van der Waals surface area contributed by atoms with Crippen molar-refractivity contribution in [2.75, 3.05) is 20.8 Å². The summed E-state index contributed by atoms with van der Waals surface area (Å²) in [6.07, 6.45) is 2.69. The Hall–Kier alpha value is -3.03. The van der Waals surface area contributed by atoms with E-state index in [0.717, 1.165) is 19.3 Å². The van der Waals surface area contributed by atoms with E-state index in [2.05, 4.69) is 10.2 Å². The van der Waals surface area contributed by atoms with Crippen LogP contribution in [0.1, 0.15) is 51.8 Å². The van der Waals surface area contributed by atoms with E-state index in [1.165, 1.54) is 0 Å². The first-order chi connectivity index (χ1) is 12.5. The summed E-state index contributed by atoms with van der Waals surface area (Å²) < 4.78 is 10.5. The summed E-state index contributed by atoms with van der Waals surface area (Å²) in [6.45, 7) is 0.619. The highest BCUT2D eigenvalue weighted by atomic mass is 16.5. The second kappa shape index (κ2) is 7.47. The zero-order chi connectivity index (χ0) is 18.7. The molecule has 0 saturated carbocycles. The van der Waals surface area contributed by atoms with Gasteiger partial charge in [-0.1, -0.05) is 0 Å². The molecule has 1 aliphatic heterocycles. The number of likely N-dealkylation sites (tertiary alicyclic amines) is 1. The number of hydrogen-bond acceptors (Lipinski definition) is 5. The predicted molar refractivity (Wildman–Crippen MR) is 94.3 cm³/mol. The summed E-state index contributed by atoms with van der Waals surface area (Å²) in [4.78, 5) is 26.2. The minimum atomic E-state index is -0.598. The molecular weight excluding hydrogens is 336 g/mol. The molecule has 1 fully saturated rings. The number of aromatic amines is 1. The van der Waals surface area contributed by atoms with E-state index < -0.39 is 5.91 Å². The van der Waals surface area contributed by atoms with Gasteiger partial charge in [0.15, 0.2) is 0 Å². The van der Waals surface area contributed by atoms with Gasteiger partial charge in [-0.3, -0.25) is 14.7 Å². The Morgan fingerprint density at radius 3 is 2.42 bits per heavy atom. The van der Waals surface area contributed by atoms with Crippen LogP contribution in [0, 0.1) is 0 Å². The molecule has 0 radical (unpaired) electrons. The average Bonchev–Trinajstić information content (AvgIpc) is 3.17. The number of benzene rings is 1. The lowest BCUT2D eigenvalue weighted by Crippen LogP contribution is -2.38. The molecule has 138 valence electrons. The van der Waals surface area contributed by atoms with Crippen molar-refractivity contribution in [3.05, 3.63) is 41.2 Å². The molecule has 0 bridgehead atoms. The van der Waals surface area contributed by atoms with E-state index in [1.807, 2.05) is 0 Å². The van der Waals surface area contributed by atoms with Crippen LogP contribution in [-0.4, -0.2) is 47.7 Å². The number of nitrogens with one attached hydrogen (secondary N) is 1. The van der Waals surface area contributed by atoms with E-state index in [-0.39, 0.29) is 17.6 Å². The molecule has 2 aromatic rings. The third kappa shape index (κ3) is 3.49. The zero-order valence-electron chi connectivity index (χ0n) is 14.8. The number of hydrogen-bond donors (Lipinski definition) is 2. The van der Waals surface area contributed by atoms with Crippen molar-refractivity contribution >= 4 is 11.8 Å². The number of nitrogens with two attached hydrogens (primary N) is 1. The van der Waals surface area contributed by atoms with Crippen molar-refractivity contribution in [3.63, 3.8) is 0 Å². The molecular formula is C18H22N4O4. The fourth-order valence-electron chi connectivity index (χ4n) is 3.23. The predicted octanol–water partition coefficient (Wildman–Crippen LogP) is 1.89. The van der Waals surface area contributed by atoms with Crippen molar-refractivity contribution in [3.8, 4) is 11.5 Å². The molecule has 0 aliphatic carbocycles. The van der Waals surface area contributed by atoms with Crippen LogP contribution in [0.15, 0.2) is 24.3 Å². The normalized spacial score (nSPS) is 17.0. The number of nitrogens with zero attached hydrogens (tertiary/aromatic N) is 2. The van der Waals surface area contributed by atoms with Crippen molar-refractivity contribution in [1.82, 2.24) is 15.1 Å². The molecule has 1 unspecified atom stereocenters. The summed E-state index contributed by atoms with van der Waals surface area (Å²) in [5, 5.41) is 6.78. The van der Waals surface area contributed by atoms with Crippen molar-refractivity contribution in [1.29, 1.82) is 0 Å². The lowest BCUT2D eigenvalue weighted by molar-refractivity contribution is 0.0605. The van der Waals surface area contributed by atoms with Gasteiger partial charge in [0.05, 0.1) is 26.0 Å². The number of aromatic nitrogens is 2. The maximum absolute atomic E-state index is 13.1. The Morgan fingerprint density at radius 1 is 1.15 bits per heavy atom. The Morgan fingerprint density at radius 2 is 1.85 bits per heavy atom. The van der Waals surface area contributed by atoms with Crippen LogP contribution in [-0.2, 0) is 0 Å². The topological polar surface area (TPSA) is 111 Å². The van der Waals surface area contributed by atoms with Crippen LogP contribution < -0.4 is 15.2 Å². The fourth-order valence-corrected chi connectivity index (χ4v) is 3.23. The second-order valence-electron chi connectivity index (χ2n) is 6.18. The molecule has 3 N–H and O–H groups in total. The van der Waals surface area contributed by atoms with Gasteiger partial charge in [-0.2, -0.15) is 5.10 Å². The van der Waals surface area contributed by atoms with Crippen LogP contribution >= 0.6 is 0 Å². The van der Waals surface area contributed by atoms with Gasteiger partial charge in [0.2, 0.25) is 0 Å². The molecule has 1 atom stereocenters. The molecule has 26 heavy (non-hydrogen) atoms. The monoisotopic (exact) mass is 358 g/mol. The van der Waals surface area contributed by atoms with Crippen LogP contribution in [0.3, 0.4) is 0 Å². The van der Waals surface area contributed by atoms with E-state index in [4.69, 9.17) is 15.2 Å². The van der Waals surface area contributed by atoms with Gasteiger partial charge in [0, 0.05) is 18.2 Å². The number of carbonyl (C=O) groups excluding carboxylic acids is 2. The summed E-state index contributed by atoms with van der Waals surface area (Å²) >= 11 is 0. The molecule has 1 aromatic carbocycles. The van der Waals surface area contributed by atoms with Crippen LogP contribution in [0.2, 0.25) is 0 Å². The molecule has 1 aliphatic rings. The lowest BCUT2D eigenvalue weighted by atomic mass is 9.98. The number of amides is 2. The zero-order valence-corrected chi connectivity index (χ0v) is 14.8. The Labute approximate surface area is 151 Å². The lowest BCUT2D eigenvalue weighted by Gasteiger charge is -2.35. The number of carbonyl (C=O) groups is 2. The number of rotatable bonds is 5. The van der Waals surface area contributed by atoms with Crippen LogP contribution in [0.25, 0.3) is 0 Å². The van der Waals surface area contributed by atoms with Gasteiger partial charge < -0.3 is 20.1 Å². The highest BCUT2D eigenvalue weighted by molar-refractivity contribution is 5.95. The Bertz CT molecular complexity index is 795. The third-order valence-corrected chi connectivity index (χ3v) is 4.57. The smallest absolute Gasteiger partial charge is 0.269 e. The van der Waals surface area contributed by atoms with E-state index in [0.29, 0.717) is 29.3 Å². The average molecular weight is 358 g/mol. The molecule has 2 amide bonds. The molecule has 3 rings (SSSR count). The highest BCUT2D eigenvalue weighted by Crippen LogP contribution is 2.32. The van der Waals surface area contributed by atoms with Crippen molar-refractivity contribution in [2.24, 2.45) is 5.73 Å². The standard InChI is InChI=1S/C18H22N4O4/c1-25-12-7-11(8-13(9-12)26-2)18(24)22-6-4-3-5-16(22)14-10-15(17(19)23)21-20-14/h7-10,16H,3-6H2,1-2H3,(H2,19,23)(H,20,21).